The number of hydrogen-bond acceptors (Lipinski definition) is 3. The molecule has 2 aliphatic carbocycles. The first-order valence-electron chi connectivity index (χ1n) is 21.9. The van der Waals surface area contributed by atoms with Gasteiger partial charge in [-0.25, -0.2) is 0 Å². The van der Waals surface area contributed by atoms with Gasteiger partial charge in [0.25, 0.3) is 6.71 Å². The van der Waals surface area contributed by atoms with Crippen LogP contribution in [-0.4, -0.2) is 6.71 Å². The van der Waals surface area contributed by atoms with Crippen LogP contribution >= 0.6 is 0 Å². The van der Waals surface area contributed by atoms with Crippen molar-refractivity contribution in [2.24, 2.45) is 11.8 Å². The third kappa shape index (κ3) is 5.83. The Morgan fingerprint density at radius 3 is 2.34 bits per heavy atom. The summed E-state index contributed by atoms with van der Waals surface area (Å²) in [5.74, 6) is 0.991. The van der Waals surface area contributed by atoms with Crippen molar-refractivity contribution < 1.29 is 4.42 Å². The number of hydrogen-bond donors (Lipinski definition) is 0. The predicted octanol–water partition coefficient (Wildman–Crippen LogP) is 12.9. The van der Waals surface area contributed by atoms with E-state index in [0.717, 1.165) is 24.1 Å². The fourth-order valence-electron chi connectivity index (χ4n) is 10.7. The van der Waals surface area contributed by atoms with E-state index in [2.05, 4.69) is 157 Å². The number of unbranched alkanes of at least 4 members (excludes halogenated alkanes) is 1. The van der Waals surface area contributed by atoms with Gasteiger partial charge in [0.05, 0.1) is 11.3 Å². The molecule has 2 unspecified atom stereocenters. The minimum absolute atomic E-state index is 0.0175. The van der Waals surface area contributed by atoms with Crippen LogP contribution < -0.4 is 26.4 Å². The normalized spacial score (nSPS) is 19.5. The average Bonchev–Trinajstić information content (AvgIpc) is 3.56. The Bertz CT molecular complexity index is 2410. The van der Waals surface area contributed by atoms with Gasteiger partial charge in [0.1, 0.15) is 5.58 Å². The SMILES string of the molecule is CCCCc1ccc2oc3c(c2c1)N(c1ccc2c(c1)C(C)(C)CCC2(C)C)c1cccc2c1B3c1cc(C)ccc1N2C1=CC(C(CC)CCC)=CCC1C. The van der Waals surface area contributed by atoms with E-state index in [-0.39, 0.29) is 17.5 Å². The highest BCUT2D eigenvalue weighted by atomic mass is 16.3. The van der Waals surface area contributed by atoms with E-state index in [0.29, 0.717) is 11.8 Å². The largest absolute Gasteiger partial charge is 0.468 e. The highest BCUT2D eigenvalue weighted by Crippen LogP contribution is 2.51. The number of rotatable bonds is 9. The highest BCUT2D eigenvalue weighted by Gasteiger charge is 2.48. The number of furan rings is 1. The van der Waals surface area contributed by atoms with Crippen LogP contribution in [0.5, 0.6) is 0 Å². The molecule has 2 aliphatic heterocycles. The maximum absolute atomic E-state index is 7.24. The van der Waals surface area contributed by atoms with Gasteiger partial charge < -0.3 is 14.2 Å². The number of nitrogens with zero attached hydrogens (tertiary/aromatic N) is 2. The molecule has 2 atom stereocenters. The molecule has 56 heavy (non-hydrogen) atoms. The van der Waals surface area contributed by atoms with Crippen molar-refractivity contribution in [1.29, 1.82) is 0 Å². The molecule has 0 fully saturated rings. The van der Waals surface area contributed by atoms with E-state index in [1.54, 1.807) is 0 Å². The monoisotopic (exact) mass is 740 g/mol. The zero-order chi connectivity index (χ0) is 39.1. The second-order valence-electron chi connectivity index (χ2n) is 18.9. The van der Waals surface area contributed by atoms with Crippen molar-refractivity contribution in [3.63, 3.8) is 0 Å². The molecule has 4 heteroatoms. The Morgan fingerprint density at radius 2 is 1.59 bits per heavy atom. The molecular formula is C52H61BN2O. The fourth-order valence-corrected chi connectivity index (χ4v) is 10.7. The Kier molecular flexibility index (Phi) is 9.22. The first-order chi connectivity index (χ1) is 27.0. The number of fused-ring (bicyclic) bond motifs is 7. The van der Waals surface area contributed by atoms with Gasteiger partial charge in [-0.15, -0.1) is 0 Å². The zero-order valence-corrected chi connectivity index (χ0v) is 35.5. The van der Waals surface area contributed by atoms with Crippen molar-refractivity contribution in [2.45, 2.75) is 131 Å². The van der Waals surface area contributed by atoms with Gasteiger partial charge in [0, 0.05) is 39.8 Å². The molecule has 0 saturated carbocycles. The first kappa shape index (κ1) is 37.2. The molecule has 0 bridgehead atoms. The van der Waals surface area contributed by atoms with Crippen LogP contribution in [0.4, 0.5) is 28.4 Å². The Labute approximate surface area is 337 Å². The Balaban J connectivity index is 1.33. The molecule has 9 rings (SSSR count). The molecular weight excluding hydrogens is 679 g/mol. The summed E-state index contributed by atoms with van der Waals surface area (Å²) < 4.78 is 7.24. The van der Waals surface area contributed by atoms with Crippen LogP contribution in [0, 0.1) is 18.8 Å². The lowest BCUT2D eigenvalue weighted by Gasteiger charge is -2.45. The standard InChI is InChI=1S/C52H61BN2O/c1-10-13-16-35-21-26-47-39(30-35)49-50(56-47)53-42-29-33(4)19-25-43(42)55(46-31-37(22-20-34(46)5)36(12-3)15-11-2)45-18-14-17-44(48(45)53)54(49)38-23-24-40-41(32-38)52(8,9)28-27-51(40,6)7/h14,17-19,21-26,29-32,34,36H,10-13,15-16,20,27-28H2,1-9H3. The lowest BCUT2D eigenvalue weighted by atomic mass is 9.35. The molecule has 0 radical (unpaired) electrons. The molecule has 0 saturated heterocycles. The van der Waals surface area contributed by atoms with Crippen LogP contribution in [0.3, 0.4) is 0 Å². The molecule has 288 valence electrons. The second kappa shape index (κ2) is 13.9. The smallest absolute Gasteiger partial charge is 0.297 e. The molecule has 0 spiro atoms. The minimum Gasteiger partial charge on any atom is -0.468 e. The van der Waals surface area contributed by atoms with E-state index in [4.69, 9.17) is 4.42 Å². The zero-order valence-electron chi connectivity index (χ0n) is 35.5. The molecule has 5 aromatic rings. The maximum Gasteiger partial charge on any atom is 0.297 e. The topological polar surface area (TPSA) is 19.6 Å². The minimum atomic E-state index is -0.0175. The van der Waals surface area contributed by atoms with Gasteiger partial charge in [0.2, 0.25) is 0 Å². The number of benzene rings is 4. The van der Waals surface area contributed by atoms with Crippen molar-refractivity contribution in [2.75, 3.05) is 9.80 Å². The summed E-state index contributed by atoms with van der Waals surface area (Å²) in [5, 5.41) is 1.22. The summed E-state index contributed by atoms with van der Waals surface area (Å²) in [4.78, 5) is 5.24. The maximum atomic E-state index is 7.24. The highest BCUT2D eigenvalue weighted by molar-refractivity contribution is 6.99. The molecule has 0 amide bonds. The Hall–Kier alpha value is -4.44. The van der Waals surface area contributed by atoms with Gasteiger partial charge in [-0.05, 0) is 150 Å². The summed E-state index contributed by atoms with van der Waals surface area (Å²) in [6.07, 6.45) is 15.6. The van der Waals surface area contributed by atoms with E-state index in [9.17, 15) is 0 Å². The van der Waals surface area contributed by atoms with Crippen molar-refractivity contribution in [3.8, 4) is 0 Å². The summed E-state index contributed by atoms with van der Waals surface area (Å²) in [5.41, 5.74) is 19.8. The number of anilines is 5. The predicted molar refractivity (Wildman–Crippen MR) is 241 cm³/mol. The van der Waals surface area contributed by atoms with E-state index in [1.807, 2.05) is 0 Å². The average molecular weight is 741 g/mol. The summed E-state index contributed by atoms with van der Waals surface area (Å²) in [7, 11) is 0. The fraction of sp³-hybridized carbons (Fsp3) is 0.423. The van der Waals surface area contributed by atoms with Crippen LogP contribution in [0.25, 0.3) is 11.0 Å². The second-order valence-corrected chi connectivity index (χ2v) is 18.9. The Morgan fingerprint density at radius 1 is 0.821 bits per heavy atom. The number of allylic oxidation sites excluding steroid dienone is 4. The van der Waals surface area contributed by atoms with Gasteiger partial charge in [-0.3, -0.25) is 0 Å². The third-order valence-electron chi connectivity index (χ3n) is 14.1. The van der Waals surface area contributed by atoms with Crippen LogP contribution in [0.2, 0.25) is 0 Å². The molecule has 1 aromatic heterocycles. The first-order valence-corrected chi connectivity index (χ1v) is 21.9. The van der Waals surface area contributed by atoms with Gasteiger partial charge >= 0.3 is 0 Å². The van der Waals surface area contributed by atoms with Crippen molar-refractivity contribution in [1.82, 2.24) is 0 Å². The van der Waals surface area contributed by atoms with Gasteiger partial charge in [-0.2, -0.15) is 0 Å². The van der Waals surface area contributed by atoms with Gasteiger partial charge in [0.15, 0.2) is 0 Å². The van der Waals surface area contributed by atoms with E-state index in [1.165, 1.54) is 123 Å². The number of aryl methyl sites for hydroxylation is 2. The lowest BCUT2D eigenvalue weighted by Crippen LogP contribution is -2.61. The molecule has 3 nitrogen and oxygen atoms in total. The van der Waals surface area contributed by atoms with Crippen LogP contribution in [0.15, 0.2) is 101 Å². The van der Waals surface area contributed by atoms with E-state index < -0.39 is 0 Å². The summed E-state index contributed by atoms with van der Waals surface area (Å²) >= 11 is 0. The summed E-state index contributed by atoms with van der Waals surface area (Å²) in [6, 6.07) is 28.6. The van der Waals surface area contributed by atoms with E-state index >= 15 is 0 Å². The molecule has 0 N–H and O–H groups in total. The quantitative estimate of drug-likeness (QED) is 0.138. The molecule has 4 aromatic carbocycles. The van der Waals surface area contributed by atoms with Crippen LogP contribution in [-0.2, 0) is 17.3 Å². The van der Waals surface area contributed by atoms with Crippen molar-refractivity contribution in [3.05, 3.63) is 118 Å². The van der Waals surface area contributed by atoms with Gasteiger partial charge in [-0.1, -0.05) is 110 Å². The van der Waals surface area contributed by atoms with Crippen molar-refractivity contribution >= 4 is 62.7 Å². The third-order valence-corrected chi connectivity index (χ3v) is 14.1. The lowest BCUT2D eigenvalue weighted by molar-refractivity contribution is 0.332. The van der Waals surface area contributed by atoms with Crippen LogP contribution in [0.1, 0.15) is 129 Å². The molecule has 4 aliphatic rings. The summed E-state index contributed by atoms with van der Waals surface area (Å²) in [6.45, 7) is 21.4. The molecule has 3 heterocycles.